The molecule has 3 aromatic rings. The molecule has 0 spiro atoms. The standard InChI is InChI=1S/C24H22N4O2S/c1-14-7-8-19(10-15(14)2)28-23(30)21(22(29)26-24(28)31)12-18-11-16(3)27(17(18)4)20-6-5-9-25-13-20/h5-13H,1-4H3,(H,26,29,31). The molecule has 31 heavy (non-hydrogen) atoms. The van der Waals surface area contributed by atoms with E-state index in [2.05, 4.69) is 10.3 Å². The number of benzene rings is 1. The van der Waals surface area contributed by atoms with Crippen LogP contribution in [0.25, 0.3) is 11.8 Å². The number of hydrogen-bond acceptors (Lipinski definition) is 4. The summed E-state index contributed by atoms with van der Waals surface area (Å²) in [4.78, 5) is 31.5. The predicted octanol–water partition coefficient (Wildman–Crippen LogP) is 3.94. The van der Waals surface area contributed by atoms with Crippen LogP contribution in [-0.4, -0.2) is 26.5 Å². The number of rotatable bonds is 3. The van der Waals surface area contributed by atoms with E-state index in [4.69, 9.17) is 12.2 Å². The van der Waals surface area contributed by atoms with Gasteiger partial charge < -0.3 is 4.57 Å². The lowest BCUT2D eigenvalue weighted by atomic mass is 10.1. The van der Waals surface area contributed by atoms with Crippen molar-refractivity contribution in [2.75, 3.05) is 4.90 Å². The van der Waals surface area contributed by atoms with Crippen molar-refractivity contribution in [3.63, 3.8) is 0 Å². The molecule has 1 N–H and O–H groups in total. The molecule has 1 aliphatic rings. The lowest BCUT2D eigenvalue weighted by molar-refractivity contribution is -0.122. The molecule has 0 aliphatic carbocycles. The van der Waals surface area contributed by atoms with Gasteiger partial charge in [0.1, 0.15) is 5.57 Å². The topological polar surface area (TPSA) is 67.2 Å². The van der Waals surface area contributed by atoms with Crippen molar-refractivity contribution in [3.05, 3.63) is 82.4 Å². The Morgan fingerprint density at radius 2 is 1.77 bits per heavy atom. The summed E-state index contributed by atoms with van der Waals surface area (Å²) in [5.41, 5.74) is 6.40. The van der Waals surface area contributed by atoms with Gasteiger partial charge in [-0.15, -0.1) is 0 Å². The summed E-state index contributed by atoms with van der Waals surface area (Å²) in [6.45, 7) is 7.89. The first-order valence-corrected chi connectivity index (χ1v) is 10.3. The van der Waals surface area contributed by atoms with Gasteiger partial charge in [-0.3, -0.25) is 24.8 Å². The Labute approximate surface area is 186 Å². The molecule has 3 heterocycles. The minimum Gasteiger partial charge on any atom is -0.316 e. The van der Waals surface area contributed by atoms with Gasteiger partial charge in [-0.1, -0.05) is 6.07 Å². The molecule has 1 saturated heterocycles. The summed E-state index contributed by atoms with van der Waals surface area (Å²) in [6.07, 6.45) is 5.12. The summed E-state index contributed by atoms with van der Waals surface area (Å²) in [5, 5.41) is 2.73. The average Bonchev–Trinajstić information content (AvgIpc) is 3.01. The van der Waals surface area contributed by atoms with Crippen LogP contribution in [0.15, 0.2) is 54.4 Å². The molecule has 4 rings (SSSR count). The van der Waals surface area contributed by atoms with E-state index in [0.29, 0.717) is 5.69 Å². The Bertz CT molecular complexity index is 1260. The van der Waals surface area contributed by atoms with E-state index in [0.717, 1.165) is 33.8 Å². The van der Waals surface area contributed by atoms with Crippen LogP contribution in [0.4, 0.5) is 5.69 Å². The highest BCUT2D eigenvalue weighted by Gasteiger charge is 2.34. The smallest absolute Gasteiger partial charge is 0.270 e. The number of carbonyl (C=O) groups is 2. The van der Waals surface area contributed by atoms with Gasteiger partial charge in [0.2, 0.25) is 0 Å². The van der Waals surface area contributed by atoms with E-state index < -0.39 is 11.8 Å². The highest BCUT2D eigenvalue weighted by molar-refractivity contribution is 7.80. The lowest BCUT2D eigenvalue weighted by Crippen LogP contribution is -2.54. The van der Waals surface area contributed by atoms with E-state index in [1.165, 1.54) is 4.90 Å². The normalized spacial score (nSPS) is 15.5. The molecule has 0 radical (unpaired) electrons. The average molecular weight is 431 g/mol. The van der Waals surface area contributed by atoms with Crippen molar-refractivity contribution in [3.8, 4) is 5.69 Å². The van der Waals surface area contributed by atoms with Gasteiger partial charge >= 0.3 is 0 Å². The molecule has 7 heteroatoms. The Morgan fingerprint density at radius 3 is 2.45 bits per heavy atom. The maximum absolute atomic E-state index is 13.3. The van der Waals surface area contributed by atoms with E-state index in [-0.39, 0.29) is 10.7 Å². The number of hydrogen-bond donors (Lipinski definition) is 1. The first-order valence-electron chi connectivity index (χ1n) is 9.86. The van der Waals surface area contributed by atoms with Crippen LogP contribution in [0.2, 0.25) is 0 Å². The Balaban J connectivity index is 1.77. The quantitative estimate of drug-likeness (QED) is 0.388. The molecule has 1 fully saturated rings. The molecule has 2 aromatic heterocycles. The molecule has 1 aromatic carbocycles. The van der Waals surface area contributed by atoms with Gasteiger partial charge in [0.25, 0.3) is 11.8 Å². The summed E-state index contributed by atoms with van der Waals surface area (Å²) >= 11 is 5.31. The fraction of sp³-hybridized carbons (Fsp3) is 0.167. The van der Waals surface area contributed by atoms with Crippen LogP contribution in [-0.2, 0) is 9.59 Å². The molecular weight excluding hydrogens is 408 g/mol. The number of carbonyl (C=O) groups excluding carboxylic acids is 2. The van der Waals surface area contributed by atoms with Gasteiger partial charge in [-0.05, 0) is 93.0 Å². The number of nitrogens with one attached hydrogen (secondary N) is 1. The number of pyridine rings is 1. The number of aromatic nitrogens is 2. The van der Waals surface area contributed by atoms with Crippen LogP contribution < -0.4 is 10.2 Å². The van der Waals surface area contributed by atoms with Crippen LogP contribution in [0.1, 0.15) is 28.1 Å². The Kier molecular flexibility index (Phi) is 5.29. The van der Waals surface area contributed by atoms with Gasteiger partial charge in [-0.2, -0.15) is 0 Å². The van der Waals surface area contributed by atoms with E-state index >= 15 is 0 Å². The van der Waals surface area contributed by atoms with Crippen molar-refractivity contribution < 1.29 is 9.59 Å². The molecular formula is C24H22N4O2S. The van der Waals surface area contributed by atoms with Crippen molar-refractivity contribution in [2.24, 2.45) is 0 Å². The first-order chi connectivity index (χ1) is 14.8. The Morgan fingerprint density at radius 1 is 1.00 bits per heavy atom. The third-order valence-corrected chi connectivity index (χ3v) is 5.81. The lowest BCUT2D eigenvalue weighted by Gasteiger charge is -2.29. The zero-order chi connectivity index (χ0) is 22.3. The zero-order valence-electron chi connectivity index (χ0n) is 17.8. The maximum atomic E-state index is 13.3. The molecule has 2 amide bonds. The molecule has 156 valence electrons. The molecule has 0 bridgehead atoms. The summed E-state index contributed by atoms with van der Waals surface area (Å²) in [7, 11) is 0. The van der Waals surface area contributed by atoms with E-state index in [1.54, 1.807) is 18.5 Å². The van der Waals surface area contributed by atoms with Gasteiger partial charge in [0.05, 0.1) is 17.6 Å². The minimum absolute atomic E-state index is 0.0401. The summed E-state index contributed by atoms with van der Waals surface area (Å²) in [5.74, 6) is -0.940. The second-order valence-corrected chi connectivity index (χ2v) is 7.99. The second kappa shape index (κ2) is 7.92. The SMILES string of the molecule is Cc1ccc(N2C(=O)C(=Cc3cc(C)n(-c4cccnc4)c3C)C(=O)NC2=S)cc1C. The number of nitrogens with zero attached hydrogens (tertiary/aromatic N) is 3. The Hall–Kier alpha value is -3.58. The van der Waals surface area contributed by atoms with Crippen molar-refractivity contribution >= 4 is 40.9 Å². The molecule has 0 saturated carbocycles. The van der Waals surface area contributed by atoms with Gasteiger partial charge in [0, 0.05) is 17.6 Å². The number of thiocarbonyl (C=S) groups is 1. The third kappa shape index (κ3) is 3.68. The molecule has 0 unspecified atom stereocenters. The molecule has 6 nitrogen and oxygen atoms in total. The third-order valence-electron chi connectivity index (χ3n) is 5.52. The molecule has 0 atom stereocenters. The monoisotopic (exact) mass is 430 g/mol. The molecule has 1 aliphatic heterocycles. The summed E-state index contributed by atoms with van der Waals surface area (Å²) < 4.78 is 2.04. The largest absolute Gasteiger partial charge is 0.316 e. The summed E-state index contributed by atoms with van der Waals surface area (Å²) in [6, 6.07) is 11.4. The van der Waals surface area contributed by atoms with Gasteiger partial charge in [-0.25, -0.2) is 0 Å². The van der Waals surface area contributed by atoms with Crippen molar-refractivity contribution in [2.45, 2.75) is 27.7 Å². The second-order valence-electron chi connectivity index (χ2n) is 7.60. The minimum atomic E-state index is -0.499. The predicted molar refractivity (Wildman–Crippen MR) is 125 cm³/mol. The number of amides is 2. The van der Waals surface area contributed by atoms with Gasteiger partial charge in [0.15, 0.2) is 5.11 Å². The zero-order valence-corrected chi connectivity index (χ0v) is 18.6. The first kappa shape index (κ1) is 20.7. The van der Waals surface area contributed by atoms with E-state index in [9.17, 15) is 9.59 Å². The number of anilines is 1. The van der Waals surface area contributed by atoms with Crippen LogP contribution in [0.5, 0.6) is 0 Å². The fourth-order valence-corrected chi connectivity index (χ4v) is 4.01. The van der Waals surface area contributed by atoms with Crippen molar-refractivity contribution in [1.82, 2.24) is 14.9 Å². The highest BCUT2D eigenvalue weighted by Crippen LogP contribution is 2.26. The highest BCUT2D eigenvalue weighted by atomic mass is 32.1. The van der Waals surface area contributed by atoms with Crippen molar-refractivity contribution in [1.29, 1.82) is 0 Å². The maximum Gasteiger partial charge on any atom is 0.270 e. The van der Waals surface area contributed by atoms with Crippen LogP contribution in [0.3, 0.4) is 0 Å². The van der Waals surface area contributed by atoms with Crippen LogP contribution in [0, 0.1) is 27.7 Å². The van der Waals surface area contributed by atoms with E-state index in [1.807, 2.05) is 68.7 Å². The van der Waals surface area contributed by atoms with Crippen LogP contribution >= 0.6 is 12.2 Å². The number of aryl methyl sites for hydroxylation is 3. The fourth-order valence-electron chi connectivity index (χ4n) is 3.73.